The Kier molecular flexibility index (Phi) is 8.32. The third kappa shape index (κ3) is 8.43. The summed E-state index contributed by atoms with van der Waals surface area (Å²) in [5.74, 6) is -0.360. The molecule has 0 unspecified atom stereocenters. The molecule has 0 aliphatic rings. The van der Waals surface area contributed by atoms with Crippen LogP contribution in [-0.4, -0.2) is 38.3 Å². The average molecular weight is 292 g/mol. The number of nitrogens with one attached hydrogen (secondary N) is 2. The Labute approximate surface area is 124 Å². The molecule has 0 spiro atoms. The van der Waals surface area contributed by atoms with Crippen molar-refractivity contribution in [2.45, 2.75) is 6.61 Å². The van der Waals surface area contributed by atoms with Gasteiger partial charge in [-0.05, 0) is 5.56 Å². The SMILES string of the molecule is C=CCOC(=O)CNCCNC(=O)OCc1ccccc1. The molecule has 0 aliphatic carbocycles. The van der Waals surface area contributed by atoms with Gasteiger partial charge < -0.3 is 20.1 Å². The Hall–Kier alpha value is -2.34. The maximum atomic E-state index is 11.4. The topological polar surface area (TPSA) is 76.7 Å². The van der Waals surface area contributed by atoms with Gasteiger partial charge in [0, 0.05) is 13.1 Å². The fraction of sp³-hybridized carbons (Fsp3) is 0.333. The van der Waals surface area contributed by atoms with Gasteiger partial charge in [0.2, 0.25) is 0 Å². The van der Waals surface area contributed by atoms with E-state index in [1.807, 2.05) is 30.3 Å². The Bertz CT molecular complexity index is 448. The summed E-state index contributed by atoms with van der Waals surface area (Å²) in [6.07, 6.45) is 1.01. The Morgan fingerprint density at radius 1 is 1.14 bits per heavy atom. The highest BCUT2D eigenvalue weighted by molar-refractivity contribution is 5.71. The van der Waals surface area contributed by atoms with E-state index >= 15 is 0 Å². The van der Waals surface area contributed by atoms with Crippen molar-refractivity contribution < 1.29 is 19.1 Å². The molecule has 0 atom stereocenters. The summed E-state index contributed by atoms with van der Waals surface area (Å²) in [4.78, 5) is 22.5. The molecule has 0 heterocycles. The van der Waals surface area contributed by atoms with Crippen molar-refractivity contribution >= 4 is 12.1 Å². The van der Waals surface area contributed by atoms with Crippen LogP contribution in [0.1, 0.15) is 5.56 Å². The highest BCUT2D eigenvalue weighted by Gasteiger charge is 2.03. The smallest absolute Gasteiger partial charge is 0.407 e. The minimum atomic E-state index is -0.491. The second-order valence-electron chi connectivity index (χ2n) is 4.14. The molecule has 1 aromatic carbocycles. The predicted octanol–water partition coefficient (Wildman–Crippen LogP) is 1.23. The molecule has 1 amide bonds. The quantitative estimate of drug-likeness (QED) is 0.407. The van der Waals surface area contributed by atoms with Gasteiger partial charge in [0.25, 0.3) is 0 Å². The Balaban J connectivity index is 2.01. The summed E-state index contributed by atoms with van der Waals surface area (Å²) in [7, 11) is 0. The van der Waals surface area contributed by atoms with Gasteiger partial charge in [0.15, 0.2) is 0 Å². The minimum absolute atomic E-state index is 0.0918. The average Bonchev–Trinajstić information content (AvgIpc) is 2.51. The number of alkyl carbamates (subject to hydrolysis) is 1. The van der Waals surface area contributed by atoms with Crippen molar-refractivity contribution in [2.75, 3.05) is 26.2 Å². The number of rotatable bonds is 9. The first kappa shape index (κ1) is 16.7. The van der Waals surface area contributed by atoms with Gasteiger partial charge in [-0.25, -0.2) is 4.79 Å². The number of carbonyl (C=O) groups is 2. The van der Waals surface area contributed by atoms with Gasteiger partial charge in [-0.1, -0.05) is 43.0 Å². The second kappa shape index (κ2) is 10.4. The Morgan fingerprint density at radius 3 is 2.62 bits per heavy atom. The van der Waals surface area contributed by atoms with Crippen molar-refractivity contribution in [3.63, 3.8) is 0 Å². The standard InChI is InChI=1S/C15H20N2O4/c1-2-10-20-14(18)11-16-8-9-17-15(19)21-12-13-6-4-3-5-7-13/h2-7,16H,1,8-12H2,(H,17,19). The van der Waals surface area contributed by atoms with Crippen LogP contribution < -0.4 is 10.6 Å². The summed E-state index contributed by atoms with van der Waals surface area (Å²) in [6, 6.07) is 9.42. The van der Waals surface area contributed by atoms with Crippen LogP contribution in [0.25, 0.3) is 0 Å². The van der Waals surface area contributed by atoms with Crippen molar-refractivity contribution in [1.82, 2.24) is 10.6 Å². The lowest BCUT2D eigenvalue weighted by Crippen LogP contribution is -2.34. The van der Waals surface area contributed by atoms with Crippen molar-refractivity contribution in [3.05, 3.63) is 48.6 Å². The van der Waals surface area contributed by atoms with Gasteiger partial charge in [0.1, 0.15) is 13.2 Å². The minimum Gasteiger partial charge on any atom is -0.461 e. The fourth-order valence-corrected chi connectivity index (χ4v) is 1.42. The van der Waals surface area contributed by atoms with Crippen LogP contribution in [0.3, 0.4) is 0 Å². The highest BCUT2D eigenvalue weighted by atomic mass is 16.5. The summed E-state index contributed by atoms with van der Waals surface area (Å²) in [5, 5.41) is 5.42. The zero-order valence-corrected chi connectivity index (χ0v) is 11.8. The summed E-state index contributed by atoms with van der Waals surface area (Å²) >= 11 is 0. The van der Waals surface area contributed by atoms with Gasteiger partial charge in [-0.2, -0.15) is 0 Å². The zero-order valence-electron chi connectivity index (χ0n) is 11.8. The van der Waals surface area contributed by atoms with E-state index in [1.165, 1.54) is 6.08 Å². The number of ether oxygens (including phenoxy) is 2. The monoisotopic (exact) mass is 292 g/mol. The lowest BCUT2D eigenvalue weighted by atomic mass is 10.2. The number of hydrogen-bond acceptors (Lipinski definition) is 5. The van der Waals surface area contributed by atoms with Crippen LogP contribution in [0.15, 0.2) is 43.0 Å². The molecule has 6 nitrogen and oxygen atoms in total. The zero-order chi connectivity index (χ0) is 15.3. The molecule has 0 aliphatic heterocycles. The number of benzene rings is 1. The molecule has 0 aromatic heterocycles. The first-order valence-electron chi connectivity index (χ1n) is 6.64. The number of amides is 1. The molecule has 0 saturated heterocycles. The third-order valence-corrected chi connectivity index (χ3v) is 2.42. The maximum Gasteiger partial charge on any atom is 0.407 e. The van der Waals surface area contributed by atoms with Crippen LogP contribution >= 0.6 is 0 Å². The van der Waals surface area contributed by atoms with E-state index in [9.17, 15) is 9.59 Å². The molecular weight excluding hydrogens is 272 g/mol. The fourth-order valence-electron chi connectivity index (χ4n) is 1.42. The van der Waals surface area contributed by atoms with Gasteiger partial charge in [-0.3, -0.25) is 4.79 Å². The summed E-state index contributed by atoms with van der Waals surface area (Å²) in [6.45, 7) is 4.77. The molecule has 0 fully saturated rings. The first-order valence-corrected chi connectivity index (χ1v) is 6.64. The summed E-state index contributed by atoms with van der Waals surface area (Å²) < 4.78 is 9.80. The van der Waals surface area contributed by atoms with Crippen molar-refractivity contribution in [2.24, 2.45) is 0 Å². The van der Waals surface area contributed by atoms with E-state index in [0.29, 0.717) is 13.1 Å². The van der Waals surface area contributed by atoms with Crippen LogP contribution in [0, 0.1) is 0 Å². The second-order valence-corrected chi connectivity index (χ2v) is 4.14. The van der Waals surface area contributed by atoms with Crippen LogP contribution in [0.2, 0.25) is 0 Å². The molecule has 1 rings (SSSR count). The number of esters is 1. The van der Waals surface area contributed by atoms with Gasteiger partial charge >= 0.3 is 12.1 Å². The largest absolute Gasteiger partial charge is 0.461 e. The maximum absolute atomic E-state index is 11.4. The molecule has 114 valence electrons. The molecule has 0 radical (unpaired) electrons. The van der Waals surface area contributed by atoms with E-state index in [0.717, 1.165) is 5.56 Å². The van der Waals surface area contributed by atoms with E-state index in [2.05, 4.69) is 17.2 Å². The van der Waals surface area contributed by atoms with Crippen LogP contribution in [-0.2, 0) is 20.9 Å². The number of carbonyl (C=O) groups excluding carboxylic acids is 2. The lowest BCUT2D eigenvalue weighted by molar-refractivity contribution is -0.141. The first-order chi connectivity index (χ1) is 10.2. The van der Waals surface area contributed by atoms with E-state index in [-0.39, 0.29) is 25.7 Å². The summed E-state index contributed by atoms with van der Waals surface area (Å²) in [5.41, 5.74) is 0.927. The molecule has 0 saturated carbocycles. The molecular formula is C15H20N2O4. The van der Waals surface area contributed by atoms with E-state index < -0.39 is 6.09 Å². The molecule has 2 N–H and O–H groups in total. The third-order valence-electron chi connectivity index (χ3n) is 2.42. The van der Waals surface area contributed by atoms with Crippen LogP contribution in [0.5, 0.6) is 0 Å². The molecule has 21 heavy (non-hydrogen) atoms. The van der Waals surface area contributed by atoms with Crippen molar-refractivity contribution in [3.8, 4) is 0 Å². The predicted molar refractivity (Wildman–Crippen MR) is 78.7 cm³/mol. The van der Waals surface area contributed by atoms with Crippen molar-refractivity contribution in [1.29, 1.82) is 0 Å². The molecule has 6 heteroatoms. The normalized spacial score (nSPS) is 9.71. The van der Waals surface area contributed by atoms with E-state index in [1.54, 1.807) is 0 Å². The van der Waals surface area contributed by atoms with Gasteiger partial charge in [0.05, 0.1) is 6.54 Å². The lowest BCUT2D eigenvalue weighted by Gasteiger charge is -2.08. The van der Waals surface area contributed by atoms with Crippen LogP contribution in [0.4, 0.5) is 4.79 Å². The van der Waals surface area contributed by atoms with E-state index in [4.69, 9.17) is 9.47 Å². The highest BCUT2D eigenvalue weighted by Crippen LogP contribution is 2.00. The Morgan fingerprint density at radius 2 is 1.90 bits per heavy atom. The molecule has 1 aromatic rings. The molecule has 0 bridgehead atoms. The van der Waals surface area contributed by atoms with Gasteiger partial charge in [-0.15, -0.1) is 0 Å². The number of hydrogen-bond donors (Lipinski definition) is 2.